The van der Waals surface area contributed by atoms with Gasteiger partial charge in [0.15, 0.2) is 0 Å². The number of benzene rings is 1. The first-order valence-corrected chi connectivity index (χ1v) is 7.53. The van der Waals surface area contributed by atoms with Gasteiger partial charge in [0.05, 0.1) is 38.5 Å². The first-order valence-electron chi connectivity index (χ1n) is 7.15. The Labute approximate surface area is 138 Å². The maximum Gasteiger partial charge on any atom is 0.436 e. The smallest absolute Gasteiger partial charge is 0.436 e. The molecule has 1 heterocycles. The van der Waals surface area contributed by atoms with Crippen molar-refractivity contribution >= 4 is 23.5 Å². The molecule has 126 valence electrons. The number of morpholine rings is 1. The number of rotatable bonds is 5. The van der Waals surface area contributed by atoms with Crippen LogP contribution in [0.25, 0.3) is 0 Å². The number of halogens is 1. The summed E-state index contributed by atoms with van der Waals surface area (Å²) in [5.41, 5.74) is 0.874. The van der Waals surface area contributed by atoms with Crippen LogP contribution in [0.5, 0.6) is 0 Å². The lowest BCUT2D eigenvalue weighted by Gasteiger charge is -2.31. The minimum atomic E-state index is -1.63. The highest BCUT2D eigenvalue weighted by atomic mass is 35.5. The average Bonchev–Trinajstić information content (AvgIpc) is 2.53. The van der Waals surface area contributed by atoms with Gasteiger partial charge in [-0.3, -0.25) is 0 Å². The molecule has 1 fully saturated rings. The summed E-state index contributed by atoms with van der Waals surface area (Å²) in [5, 5.41) is 10.4. The molecule has 7 nitrogen and oxygen atoms in total. The maximum atomic E-state index is 11.1. The third-order valence-electron chi connectivity index (χ3n) is 3.36. The number of hydroxylamine groups is 2. The van der Waals surface area contributed by atoms with Crippen LogP contribution >= 0.6 is 11.6 Å². The largest absolute Gasteiger partial charge is 0.473 e. The van der Waals surface area contributed by atoms with E-state index in [1.807, 2.05) is 25.1 Å². The van der Waals surface area contributed by atoms with Gasteiger partial charge in [0.1, 0.15) is 0 Å². The monoisotopic (exact) mass is 343 g/mol. The summed E-state index contributed by atoms with van der Waals surface area (Å²) in [6, 6.07) is 7.40. The molecule has 2 rings (SSSR count). The highest BCUT2D eigenvalue weighted by Crippen LogP contribution is 2.25. The van der Waals surface area contributed by atoms with Crippen molar-refractivity contribution < 1.29 is 29.0 Å². The third-order valence-corrected chi connectivity index (χ3v) is 3.71. The lowest BCUT2D eigenvalue weighted by atomic mass is 10.1. The summed E-state index contributed by atoms with van der Waals surface area (Å²) in [7, 11) is 0. The number of aliphatic carboxylic acids is 1. The average molecular weight is 344 g/mol. The van der Waals surface area contributed by atoms with Gasteiger partial charge in [-0.25, -0.2) is 9.59 Å². The molecule has 1 aliphatic rings. The van der Waals surface area contributed by atoms with E-state index in [-0.39, 0.29) is 25.4 Å². The fourth-order valence-corrected chi connectivity index (χ4v) is 2.47. The minimum absolute atomic E-state index is 0.218. The first kappa shape index (κ1) is 17.7. The predicted molar refractivity (Wildman–Crippen MR) is 80.9 cm³/mol. The number of ether oxygens (including phenoxy) is 2. The number of carbonyl (C=O) groups is 2. The van der Waals surface area contributed by atoms with Gasteiger partial charge < -0.3 is 19.4 Å². The molecule has 0 bridgehead atoms. The van der Waals surface area contributed by atoms with Crippen molar-refractivity contribution in [2.24, 2.45) is 0 Å². The summed E-state index contributed by atoms with van der Waals surface area (Å²) in [6.45, 7) is 3.03. The summed E-state index contributed by atoms with van der Waals surface area (Å²) in [5.74, 6) is -2.94. The van der Waals surface area contributed by atoms with Gasteiger partial charge in [0.2, 0.25) is 0 Å². The molecule has 8 heteroatoms. The number of hydrogen-bond acceptors (Lipinski definition) is 6. The third kappa shape index (κ3) is 5.18. The van der Waals surface area contributed by atoms with E-state index in [4.69, 9.17) is 31.0 Å². The Bertz CT molecular complexity index is 567. The highest BCUT2D eigenvalue weighted by Gasteiger charge is 2.26. The van der Waals surface area contributed by atoms with Crippen LogP contribution in [-0.4, -0.2) is 54.5 Å². The van der Waals surface area contributed by atoms with Gasteiger partial charge >= 0.3 is 11.9 Å². The van der Waals surface area contributed by atoms with Crippen molar-refractivity contribution in [3.8, 4) is 0 Å². The Morgan fingerprint density at radius 2 is 2.22 bits per heavy atom. The molecule has 0 amide bonds. The van der Waals surface area contributed by atoms with E-state index in [0.29, 0.717) is 18.2 Å². The second kappa shape index (κ2) is 8.26. The summed E-state index contributed by atoms with van der Waals surface area (Å²) in [6.07, 6.45) is -0.542. The van der Waals surface area contributed by atoms with Crippen LogP contribution in [-0.2, 0) is 23.9 Å². The van der Waals surface area contributed by atoms with Gasteiger partial charge in [0.25, 0.3) is 0 Å². The molecule has 0 aromatic heterocycles. The number of nitrogens with zero attached hydrogens (tertiary/aromatic N) is 1. The molecule has 1 aliphatic heterocycles. The second-order valence-electron chi connectivity index (χ2n) is 5.06. The number of carbonyl (C=O) groups excluding carboxylic acids is 1. The molecular formula is C15H18ClNO6. The van der Waals surface area contributed by atoms with Crippen molar-refractivity contribution in [2.75, 3.05) is 26.3 Å². The van der Waals surface area contributed by atoms with Crippen molar-refractivity contribution in [2.45, 2.75) is 19.1 Å². The Kier molecular flexibility index (Phi) is 6.35. The van der Waals surface area contributed by atoms with Crippen LogP contribution in [0.2, 0.25) is 5.02 Å². The lowest BCUT2D eigenvalue weighted by molar-refractivity contribution is -0.222. The van der Waals surface area contributed by atoms with Crippen LogP contribution in [0.1, 0.15) is 18.6 Å². The first-order chi connectivity index (χ1) is 11.0. The van der Waals surface area contributed by atoms with Crippen molar-refractivity contribution in [3.05, 3.63) is 34.9 Å². The maximum absolute atomic E-state index is 11.1. The van der Waals surface area contributed by atoms with Gasteiger partial charge in [0, 0.05) is 5.02 Å². The fraction of sp³-hybridized carbons (Fsp3) is 0.467. The Morgan fingerprint density at radius 1 is 1.48 bits per heavy atom. The van der Waals surface area contributed by atoms with E-state index in [1.54, 1.807) is 6.07 Å². The normalized spacial score (nSPS) is 20.0. The molecular weight excluding hydrogens is 326 g/mol. The van der Waals surface area contributed by atoms with Gasteiger partial charge in [-0.05, 0) is 18.6 Å². The quantitative estimate of drug-likeness (QED) is 0.814. The lowest BCUT2D eigenvalue weighted by Crippen LogP contribution is -2.46. The Morgan fingerprint density at radius 3 is 2.91 bits per heavy atom. The summed E-state index contributed by atoms with van der Waals surface area (Å²) >= 11 is 6.12. The molecule has 0 radical (unpaired) electrons. The molecule has 0 aliphatic carbocycles. The number of carboxylic acids is 1. The zero-order valence-corrected chi connectivity index (χ0v) is 13.4. The van der Waals surface area contributed by atoms with Crippen LogP contribution < -0.4 is 0 Å². The number of hydrogen-bond donors (Lipinski definition) is 1. The highest BCUT2D eigenvalue weighted by molar-refractivity contribution is 6.31. The topological polar surface area (TPSA) is 85.3 Å². The van der Waals surface area contributed by atoms with E-state index < -0.39 is 11.9 Å². The zero-order valence-electron chi connectivity index (χ0n) is 12.6. The number of carboxylic acid groups (broad SMARTS) is 1. The van der Waals surface area contributed by atoms with Gasteiger partial charge in [-0.2, -0.15) is 0 Å². The predicted octanol–water partition coefficient (Wildman–Crippen LogP) is 1.66. The zero-order chi connectivity index (χ0) is 16.8. The molecule has 2 atom stereocenters. The van der Waals surface area contributed by atoms with Gasteiger partial charge in [-0.1, -0.05) is 29.8 Å². The van der Waals surface area contributed by atoms with Crippen LogP contribution in [0.15, 0.2) is 24.3 Å². The van der Waals surface area contributed by atoms with Crippen LogP contribution in [0.3, 0.4) is 0 Å². The molecule has 1 aromatic rings. The van der Waals surface area contributed by atoms with E-state index in [1.165, 1.54) is 5.06 Å². The standard InChI is InChI=1S/C15H18ClNO6/c1-10(12-4-2-3-5-13(12)16)22-9-11-8-17(6-7-21-11)23-15(20)14(18)19/h2-5,10-11H,6-9H2,1H3,(H,18,19). The van der Waals surface area contributed by atoms with E-state index >= 15 is 0 Å². The van der Waals surface area contributed by atoms with Crippen LogP contribution in [0, 0.1) is 0 Å². The second-order valence-corrected chi connectivity index (χ2v) is 5.47. The SMILES string of the molecule is CC(OCC1CN(OC(=O)C(=O)O)CCO1)c1ccccc1Cl. The van der Waals surface area contributed by atoms with E-state index in [0.717, 1.165) is 5.56 Å². The molecule has 0 spiro atoms. The molecule has 2 unspecified atom stereocenters. The van der Waals surface area contributed by atoms with E-state index in [2.05, 4.69) is 0 Å². The fourth-order valence-electron chi connectivity index (χ4n) is 2.18. The Balaban J connectivity index is 1.82. The van der Waals surface area contributed by atoms with Gasteiger partial charge in [-0.15, -0.1) is 5.06 Å². The van der Waals surface area contributed by atoms with Crippen molar-refractivity contribution in [3.63, 3.8) is 0 Å². The molecule has 23 heavy (non-hydrogen) atoms. The summed E-state index contributed by atoms with van der Waals surface area (Å²) in [4.78, 5) is 26.3. The molecule has 0 saturated carbocycles. The van der Waals surface area contributed by atoms with Crippen molar-refractivity contribution in [1.82, 2.24) is 5.06 Å². The van der Waals surface area contributed by atoms with Crippen molar-refractivity contribution in [1.29, 1.82) is 0 Å². The molecule has 1 saturated heterocycles. The molecule has 1 aromatic carbocycles. The minimum Gasteiger partial charge on any atom is -0.473 e. The Hall–Kier alpha value is -1.67. The summed E-state index contributed by atoms with van der Waals surface area (Å²) < 4.78 is 11.3. The van der Waals surface area contributed by atoms with E-state index in [9.17, 15) is 9.59 Å². The van der Waals surface area contributed by atoms with Crippen LogP contribution in [0.4, 0.5) is 0 Å². The molecule has 1 N–H and O–H groups in total.